The number of halogens is 2. The molecule has 0 bridgehead atoms. The van der Waals surface area contributed by atoms with Crippen molar-refractivity contribution >= 4 is 51.3 Å². The van der Waals surface area contributed by atoms with Gasteiger partial charge in [-0.2, -0.15) is 0 Å². The van der Waals surface area contributed by atoms with Crippen molar-refractivity contribution in [2.45, 2.75) is 13.8 Å². The third kappa shape index (κ3) is 2.56. The van der Waals surface area contributed by atoms with Crippen molar-refractivity contribution in [2.75, 3.05) is 0 Å². The number of ketones is 1. The fraction of sp³-hybridized carbons (Fsp3) is 0.154. The minimum absolute atomic E-state index is 0.0768. The van der Waals surface area contributed by atoms with Gasteiger partial charge in [0.15, 0.2) is 5.78 Å². The zero-order chi connectivity index (χ0) is 12.6. The first-order valence-corrected chi connectivity index (χ1v) is 7.33. The lowest BCUT2D eigenvalue weighted by Crippen LogP contribution is -2.03. The predicted octanol–water partition coefficient (Wildman–Crippen LogP) is 4.85. The molecule has 0 aliphatic carbocycles. The molecule has 0 aliphatic heterocycles. The highest BCUT2D eigenvalue weighted by Gasteiger charge is 2.19. The van der Waals surface area contributed by atoms with Crippen LogP contribution in [0.2, 0.25) is 5.02 Å². The number of hydrogen-bond donors (Lipinski definition) is 0. The summed E-state index contributed by atoms with van der Waals surface area (Å²) in [6, 6.07) is 7.03. The summed E-state index contributed by atoms with van der Waals surface area (Å²) in [5, 5.41) is 0.648. The standard InChI is InChI=1S/C13H10ClIOS/c1-7-8(2)17-13(15)11(7)12(16)9-3-5-10(14)6-4-9/h3-6H,1-2H3. The van der Waals surface area contributed by atoms with Crippen molar-refractivity contribution in [3.05, 3.63) is 53.7 Å². The summed E-state index contributed by atoms with van der Waals surface area (Å²) in [7, 11) is 0. The first-order chi connectivity index (χ1) is 8.00. The van der Waals surface area contributed by atoms with Crippen LogP contribution in [0.15, 0.2) is 24.3 Å². The number of hydrogen-bond acceptors (Lipinski definition) is 2. The van der Waals surface area contributed by atoms with Crippen LogP contribution in [0.5, 0.6) is 0 Å². The summed E-state index contributed by atoms with van der Waals surface area (Å²) >= 11 is 9.71. The molecule has 88 valence electrons. The predicted molar refractivity (Wildman–Crippen MR) is 81.4 cm³/mol. The number of rotatable bonds is 2. The third-order valence-electron chi connectivity index (χ3n) is 2.68. The zero-order valence-electron chi connectivity index (χ0n) is 9.38. The monoisotopic (exact) mass is 376 g/mol. The Labute approximate surface area is 123 Å². The van der Waals surface area contributed by atoms with E-state index in [1.54, 1.807) is 35.6 Å². The fourth-order valence-corrected chi connectivity index (χ4v) is 4.23. The lowest BCUT2D eigenvalue weighted by Gasteiger charge is -2.02. The zero-order valence-corrected chi connectivity index (χ0v) is 13.1. The second kappa shape index (κ2) is 5.08. The Morgan fingerprint density at radius 1 is 1.24 bits per heavy atom. The Morgan fingerprint density at radius 3 is 2.29 bits per heavy atom. The molecule has 2 rings (SSSR count). The molecule has 0 aliphatic rings. The van der Waals surface area contributed by atoms with E-state index in [9.17, 15) is 4.79 Å². The molecule has 1 heterocycles. The molecule has 1 nitrogen and oxygen atoms in total. The van der Waals surface area contributed by atoms with Crippen LogP contribution >= 0.6 is 45.5 Å². The molecule has 0 saturated carbocycles. The Bertz CT molecular complexity index is 572. The molecule has 0 fully saturated rings. The first kappa shape index (κ1) is 13.1. The lowest BCUT2D eigenvalue weighted by atomic mass is 10.0. The van der Waals surface area contributed by atoms with Crippen LogP contribution < -0.4 is 0 Å². The Balaban J connectivity index is 2.47. The summed E-state index contributed by atoms with van der Waals surface area (Å²) in [6.07, 6.45) is 0. The number of aryl methyl sites for hydroxylation is 1. The van der Waals surface area contributed by atoms with Crippen LogP contribution in [0.1, 0.15) is 26.4 Å². The fourth-order valence-electron chi connectivity index (χ4n) is 1.59. The highest BCUT2D eigenvalue weighted by atomic mass is 127. The topological polar surface area (TPSA) is 17.1 Å². The maximum Gasteiger partial charge on any atom is 0.195 e. The number of carbonyl (C=O) groups is 1. The molecule has 0 atom stereocenters. The lowest BCUT2D eigenvalue weighted by molar-refractivity contribution is 0.103. The molecule has 1 aromatic heterocycles. The quantitative estimate of drug-likeness (QED) is 0.541. The van der Waals surface area contributed by atoms with E-state index in [1.807, 2.05) is 13.8 Å². The second-order valence-corrected chi connectivity index (χ2v) is 7.24. The summed E-state index contributed by atoms with van der Waals surface area (Å²) in [5.74, 6) is 0.0768. The smallest absolute Gasteiger partial charge is 0.195 e. The van der Waals surface area contributed by atoms with Gasteiger partial charge >= 0.3 is 0 Å². The van der Waals surface area contributed by atoms with Gasteiger partial charge in [-0.15, -0.1) is 11.3 Å². The van der Waals surface area contributed by atoms with Gasteiger partial charge < -0.3 is 0 Å². The van der Waals surface area contributed by atoms with E-state index in [2.05, 4.69) is 22.6 Å². The summed E-state index contributed by atoms with van der Waals surface area (Å²) in [6.45, 7) is 4.04. The molecular weight excluding hydrogens is 367 g/mol. The molecule has 0 spiro atoms. The maximum atomic E-state index is 12.4. The third-order valence-corrected chi connectivity index (χ3v) is 5.12. The van der Waals surface area contributed by atoms with Gasteiger partial charge in [0.05, 0.1) is 2.88 Å². The average molecular weight is 377 g/mol. The van der Waals surface area contributed by atoms with Crippen LogP contribution in [0.25, 0.3) is 0 Å². The second-order valence-electron chi connectivity index (χ2n) is 3.77. The van der Waals surface area contributed by atoms with Crippen LogP contribution in [-0.4, -0.2) is 5.78 Å². The number of thiophene rings is 1. The molecule has 1 aromatic carbocycles. The summed E-state index contributed by atoms with van der Waals surface area (Å²) in [5.41, 5.74) is 2.60. The van der Waals surface area contributed by atoms with Crippen LogP contribution in [-0.2, 0) is 0 Å². The Kier molecular flexibility index (Phi) is 3.90. The van der Waals surface area contributed by atoms with Gasteiger partial charge in [-0.3, -0.25) is 4.79 Å². The largest absolute Gasteiger partial charge is 0.289 e. The van der Waals surface area contributed by atoms with Crippen LogP contribution in [0.3, 0.4) is 0 Å². The van der Waals surface area contributed by atoms with Crippen molar-refractivity contribution in [1.29, 1.82) is 0 Å². The van der Waals surface area contributed by atoms with Gasteiger partial charge in [0.2, 0.25) is 0 Å². The van der Waals surface area contributed by atoms with E-state index in [0.717, 1.165) is 14.0 Å². The molecule has 17 heavy (non-hydrogen) atoms. The minimum Gasteiger partial charge on any atom is -0.289 e. The van der Waals surface area contributed by atoms with Gasteiger partial charge in [0, 0.05) is 21.0 Å². The highest BCUT2D eigenvalue weighted by Crippen LogP contribution is 2.30. The van der Waals surface area contributed by atoms with Crippen molar-refractivity contribution < 1.29 is 4.79 Å². The molecular formula is C13H10ClIOS. The molecule has 4 heteroatoms. The molecule has 0 saturated heterocycles. The summed E-state index contributed by atoms with van der Waals surface area (Å²) < 4.78 is 1.05. The van der Waals surface area contributed by atoms with Gasteiger partial charge in [0.1, 0.15) is 0 Å². The van der Waals surface area contributed by atoms with E-state index in [-0.39, 0.29) is 5.78 Å². The van der Waals surface area contributed by atoms with Gasteiger partial charge in [0.25, 0.3) is 0 Å². The molecule has 0 amide bonds. The minimum atomic E-state index is 0.0768. The van der Waals surface area contributed by atoms with E-state index < -0.39 is 0 Å². The van der Waals surface area contributed by atoms with E-state index in [4.69, 9.17) is 11.6 Å². The molecule has 2 aromatic rings. The SMILES string of the molecule is Cc1sc(I)c(C(=O)c2ccc(Cl)cc2)c1C. The maximum absolute atomic E-state index is 12.4. The Hall–Kier alpha value is -0.390. The molecule has 0 N–H and O–H groups in total. The molecule has 0 radical (unpaired) electrons. The van der Waals surface area contributed by atoms with Crippen molar-refractivity contribution in [3.8, 4) is 0 Å². The number of benzene rings is 1. The van der Waals surface area contributed by atoms with E-state index in [1.165, 1.54) is 4.88 Å². The Morgan fingerprint density at radius 2 is 1.82 bits per heavy atom. The first-order valence-electron chi connectivity index (χ1n) is 5.06. The van der Waals surface area contributed by atoms with Crippen molar-refractivity contribution in [1.82, 2.24) is 0 Å². The van der Waals surface area contributed by atoms with Gasteiger partial charge in [-0.1, -0.05) is 11.6 Å². The van der Waals surface area contributed by atoms with Crippen molar-refractivity contribution in [2.24, 2.45) is 0 Å². The average Bonchev–Trinajstić information content (AvgIpc) is 2.53. The van der Waals surface area contributed by atoms with Gasteiger partial charge in [-0.05, 0) is 66.3 Å². The highest BCUT2D eigenvalue weighted by molar-refractivity contribution is 14.1. The van der Waals surface area contributed by atoms with E-state index >= 15 is 0 Å². The summed E-state index contributed by atoms with van der Waals surface area (Å²) in [4.78, 5) is 13.6. The number of carbonyl (C=O) groups excluding carboxylic acids is 1. The van der Waals surface area contributed by atoms with Crippen LogP contribution in [0, 0.1) is 16.7 Å². The van der Waals surface area contributed by atoms with Crippen LogP contribution in [0.4, 0.5) is 0 Å². The molecule has 0 unspecified atom stereocenters. The van der Waals surface area contributed by atoms with Crippen molar-refractivity contribution in [3.63, 3.8) is 0 Å². The van der Waals surface area contributed by atoms with Gasteiger partial charge in [-0.25, -0.2) is 0 Å². The van der Waals surface area contributed by atoms with E-state index in [0.29, 0.717) is 10.6 Å². The normalized spacial score (nSPS) is 10.6.